The van der Waals surface area contributed by atoms with Gasteiger partial charge in [0, 0.05) is 17.3 Å². The van der Waals surface area contributed by atoms with Gasteiger partial charge >= 0.3 is 5.97 Å². The molecule has 1 fully saturated rings. The molecule has 0 saturated heterocycles. The largest absolute Gasteiger partial charge is 0.481 e. The van der Waals surface area contributed by atoms with Crippen molar-refractivity contribution in [3.8, 4) is 0 Å². The van der Waals surface area contributed by atoms with Crippen LogP contribution in [0.1, 0.15) is 41.7 Å². The number of carbonyl (C=O) groups is 2. The molecule has 2 rings (SSSR count). The minimum absolute atomic E-state index is 0.0327. The van der Waals surface area contributed by atoms with E-state index in [-0.39, 0.29) is 17.9 Å². The Kier molecular flexibility index (Phi) is 4.60. The fourth-order valence-electron chi connectivity index (χ4n) is 2.51. The van der Waals surface area contributed by atoms with Crippen LogP contribution in [0.15, 0.2) is 12.1 Å². The maximum absolute atomic E-state index is 12.1. The van der Waals surface area contributed by atoms with Crippen molar-refractivity contribution in [1.29, 1.82) is 0 Å². The number of aromatic nitrogens is 1. The minimum atomic E-state index is -0.744. The molecule has 0 aliphatic heterocycles. The second-order valence-corrected chi connectivity index (χ2v) is 5.57. The zero-order valence-corrected chi connectivity index (χ0v) is 12.0. The Morgan fingerprint density at radius 2 is 1.95 bits per heavy atom. The van der Waals surface area contributed by atoms with Crippen LogP contribution in [0.2, 0.25) is 5.15 Å². The highest BCUT2D eigenvalue weighted by molar-refractivity contribution is 6.29. The Labute approximate surface area is 122 Å². The average Bonchev–Trinajstić information content (AvgIpc) is 2.38. The molecule has 1 saturated carbocycles. The molecule has 2 N–H and O–H groups in total. The van der Waals surface area contributed by atoms with Gasteiger partial charge in [0.2, 0.25) is 0 Å². The second-order valence-electron chi connectivity index (χ2n) is 5.18. The maximum atomic E-state index is 12.1. The summed E-state index contributed by atoms with van der Waals surface area (Å²) in [4.78, 5) is 27.0. The number of carbonyl (C=O) groups excluding carboxylic acids is 1. The fraction of sp³-hybridized carbons (Fsp3) is 0.500. The second kappa shape index (κ2) is 6.22. The van der Waals surface area contributed by atoms with Crippen molar-refractivity contribution < 1.29 is 14.7 Å². The first kappa shape index (κ1) is 14.8. The van der Waals surface area contributed by atoms with Crippen LogP contribution in [-0.4, -0.2) is 28.0 Å². The number of pyridine rings is 1. The third kappa shape index (κ3) is 3.70. The van der Waals surface area contributed by atoms with Crippen LogP contribution in [0.4, 0.5) is 0 Å². The van der Waals surface area contributed by atoms with Crippen molar-refractivity contribution in [3.63, 3.8) is 0 Å². The average molecular weight is 297 g/mol. The first-order valence-electron chi connectivity index (χ1n) is 6.63. The summed E-state index contributed by atoms with van der Waals surface area (Å²) in [5.74, 6) is -1.21. The molecule has 0 atom stereocenters. The van der Waals surface area contributed by atoms with Gasteiger partial charge in [0.15, 0.2) is 0 Å². The van der Waals surface area contributed by atoms with Gasteiger partial charge < -0.3 is 10.4 Å². The maximum Gasteiger partial charge on any atom is 0.306 e. The van der Waals surface area contributed by atoms with E-state index in [0.717, 1.165) is 0 Å². The molecule has 6 heteroatoms. The molecule has 0 unspecified atom stereocenters. The molecule has 1 aliphatic rings. The summed E-state index contributed by atoms with van der Waals surface area (Å²) in [6.45, 7) is 1.78. The van der Waals surface area contributed by atoms with Gasteiger partial charge in [-0.1, -0.05) is 11.6 Å². The third-order valence-electron chi connectivity index (χ3n) is 3.60. The van der Waals surface area contributed by atoms with Crippen molar-refractivity contribution in [2.45, 2.75) is 38.6 Å². The summed E-state index contributed by atoms with van der Waals surface area (Å²) in [5, 5.41) is 12.2. The number of rotatable bonds is 3. The Bertz CT molecular complexity index is 505. The summed E-state index contributed by atoms with van der Waals surface area (Å²) in [6.07, 6.45) is 2.60. The van der Waals surface area contributed by atoms with E-state index >= 15 is 0 Å². The molecule has 0 aromatic carbocycles. The highest BCUT2D eigenvalue weighted by Crippen LogP contribution is 2.24. The Morgan fingerprint density at radius 3 is 2.50 bits per heavy atom. The summed E-state index contributed by atoms with van der Waals surface area (Å²) in [5.41, 5.74) is 1.18. The van der Waals surface area contributed by atoms with E-state index in [1.165, 1.54) is 6.07 Å². The van der Waals surface area contributed by atoms with Gasteiger partial charge in [-0.15, -0.1) is 0 Å². The molecule has 5 nitrogen and oxygen atoms in total. The van der Waals surface area contributed by atoms with Crippen LogP contribution < -0.4 is 5.32 Å². The lowest BCUT2D eigenvalue weighted by atomic mass is 9.86. The molecule has 0 bridgehead atoms. The standard InChI is InChI=1S/C14H17ClN2O3/c1-8-6-10(7-12(15)16-8)13(18)17-11-4-2-9(3-5-11)14(19)20/h6-7,9,11H,2-5H2,1H3,(H,17,18)(H,19,20). The molecular weight excluding hydrogens is 280 g/mol. The first-order chi connectivity index (χ1) is 9.45. The number of nitrogens with one attached hydrogen (secondary N) is 1. The molecule has 1 amide bonds. The minimum Gasteiger partial charge on any atom is -0.481 e. The molecule has 1 aromatic rings. The van der Waals surface area contributed by atoms with Gasteiger partial charge in [-0.25, -0.2) is 4.98 Å². The number of aryl methyl sites for hydroxylation is 1. The summed E-state index contributed by atoms with van der Waals surface area (Å²) in [6, 6.07) is 3.25. The highest BCUT2D eigenvalue weighted by Gasteiger charge is 2.26. The summed E-state index contributed by atoms with van der Waals surface area (Å²) < 4.78 is 0. The van der Waals surface area contributed by atoms with E-state index < -0.39 is 5.97 Å². The normalized spacial score (nSPS) is 22.3. The van der Waals surface area contributed by atoms with Crippen molar-refractivity contribution in [3.05, 3.63) is 28.5 Å². The van der Waals surface area contributed by atoms with Crippen LogP contribution >= 0.6 is 11.6 Å². The SMILES string of the molecule is Cc1cc(C(=O)NC2CCC(C(=O)O)CC2)cc(Cl)n1. The first-order valence-corrected chi connectivity index (χ1v) is 7.01. The van der Waals surface area contributed by atoms with Crippen molar-refractivity contribution in [2.75, 3.05) is 0 Å². The summed E-state index contributed by atoms with van der Waals surface area (Å²) >= 11 is 5.83. The topological polar surface area (TPSA) is 79.3 Å². The van der Waals surface area contributed by atoms with E-state index in [9.17, 15) is 9.59 Å². The number of nitrogens with zero attached hydrogens (tertiary/aromatic N) is 1. The smallest absolute Gasteiger partial charge is 0.306 e. The number of carboxylic acids is 1. The number of amides is 1. The Balaban J connectivity index is 1.94. The highest BCUT2D eigenvalue weighted by atomic mass is 35.5. The van der Waals surface area contributed by atoms with Crippen molar-refractivity contribution in [2.24, 2.45) is 5.92 Å². The van der Waals surface area contributed by atoms with E-state index in [0.29, 0.717) is 42.1 Å². The molecule has 1 aromatic heterocycles. The predicted octanol–water partition coefficient (Wildman–Crippen LogP) is 2.42. The van der Waals surface area contributed by atoms with Crippen LogP contribution in [0.5, 0.6) is 0 Å². The van der Waals surface area contributed by atoms with Gasteiger partial charge in [0.05, 0.1) is 5.92 Å². The number of carboxylic acid groups (broad SMARTS) is 1. The Morgan fingerprint density at radius 1 is 1.30 bits per heavy atom. The van der Waals surface area contributed by atoms with Gasteiger partial charge in [-0.05, 0) is 44.7 Å². The van der Waals surface area contributed by atoms with Crippen LogP contribution in [0.25, 0.3) is 0 Å². The zero-order valence-electron chi connectivity index (χ0n) is 11.2. The molecule has 20 heavy (non-hydrogen) atoms. The molecule has 1 heterocycles. The van der Waals surface area contributed by atoms with E-state index in [2.05, 4.69) is 10.3 Å². The van der Waals surface area contributed by atoms with Gasteiger partial charge in [-0.2, -0.15) is 0 Å². The van der Waals surface area contributed by atoms with Gasteiger partial charge in [0.25, 0.3) is 5.91 Å². The molecule has 0 spiro atoms. The zero-order chi connectivity index (χ0) is 14.7. The molecular formula is C14H17ClN2O3. The van der Waals surface area contributed by atoms with Crippen LogP contribution in [-0.2, 0) is 4.79 Å². The lowest BCUT2D eigenvalue weighted by Gasteiger charge is -2.26. The van der Waals surface area contributed by atoms with E-state index in [4.69, 9.17) is 16.7 Å². The fourth-order valence-corrected chi connectivity index (χ4v) is 2.76. The van der Waals surface area contributed by atoms with Crippen molar-refractivity contribution >= 4 is 23.5 Å². The van der Waals surface area contributed by atoms with E-state index in [1.54, 1.807) is 13.0 Å². The molecule has 1 aliphatic carbocycles. The monoisotopic (exact) mass is 296 g/mol. The lowest BCUT2D eigenvalue weighted by Crippen LogP contribution is -2.38. The molecule has 0 radical (unpaired) electrons. The number of hydrogen-bond donors (Lipinski definition) is 2. The van der Waals surface area contributed by atoms with Crippen LogP contribution in [0, 0.1) is 12.8 Å². The Hall–Kier alpha value is -1.62. The predicted molar refractivity (Wildman–Crippen MR) is 74.8 cm³/mol. The van der Waals surface area contributed by atoms with Gasteiger partial charge in [0.1, 0.15) is 5.15 Å². The number of halogens is 1. The quantitative estimate of drug-likeness (QED) is 0.840. The van der Waals surface area contributed by atoms with Gasteiger partial charge in [-0.3, -0.25) is 9.59 Å². The van der Waals surface area contributed by atoms with Crippen LogP contribution in [0.3, 0.4) is 0 Å². The van der Waals surface area contributed by atoms with E-state index in [1.807, 2.05) is 0 Å². The molecule has 108 valence electrons. The lowest BCUT2D eigenvalue weighted by molar-refractivity contribution is -0.142. The number of aliphatic carboxylic acids is 1. The van der Waals surface area contributed by atoms with Crippen molar-refractivity contribution in [1.82, 2.24) is 10.3 Å². The number of hydrogen-bond acceptors (Lipinski definition) is 3. The summed E-state index contributed by atoms with van der Waals surface area (Å²) in [7, 11) is 0. The third-order valence-corrected chi connectivity index (χ3v) is 3.79.